The zero-order valence-corrected chi connectivity index (χ0v) is 7.78. The molecule has 0 aromatic rings. The highest BCUT2D eigenvalue weighted by atomic mass is 79.9. The van der Waals surface area contributed by atoms with E-state index in [9.17, 15) is 0 Å². The molecule has 0 radical (unpaired) electrons. The molecule has 2 heteroatoms. The van der Waals surface area contributed by atoms with Gasteiger partial charge in [0.15, 0.2) is 0 Å². The molecule has 2 rings (SSSR count). The first-order chi connectivity index (χ1) is 4.86. The molecular formula is C8H7BrS. The summed E-state index contributed by atoms with van der Waals surface area (Å²) in [5.41, 5.74) is 1.47. The van der Waals surface area contributed by atoms with Crippen LogP contribution >= 0.6 is 27.7 Å². The van der Waals surface area contributed by atoms with Crippen molar-refractivity contribution < 1.29 is 0 Å². The highest BCUT2D eigenvalue weighted by Gasteiger charge is 2.19. The number of hydrogen-bond acceptors (Lipinski definition) is 1. The van der Waals surface area contributed by atoms with Gasteiger partial charge in [0, 0.05) is 5.25 Å². The van der Waals surface area contributed by atoms with Crippen LogP contribution in [0.25, 0.3) is 0 Å². The maximum absolute atomic E-state index is 3.50. The summed E-state index contributed by atoms with van der Waals surface area (Å²) >= 11 is 5.41. The van der Waals surface area contributed by atoms with E-state index in [1.54, 1.807) is 0 Å². The van der Waals surface area contributed by atoms with Crippen molar-refractivity contribution in [1.82, 2.24) is 0 Å². The van der Waals surface area contributed by atoms with Crippen LogP contribution in [0.5, 0.6) is 0 Å². The lowest BCUT2D eigenvalue weighted by Crippen LogP contribution is -2.03. The summed E-state index contributed by atoms with van der Waals surface area (Å²) in [4.78, 5) is 0. The molecule has 0 saturated heterocycles. The van der Waals surface area contributed by atoms with E-state index in [0.717, 1.165) is 6.42 Å². The Kier molecular flexibility index (Phi) is 1.75. The molecule has 0 fully saturated rings. The number of allylic oxidation sites excluding steroid dienone is 4. The molecule has 0 saturated carbocycles. The molecule has 1 aliphatic heterocycles. The van der Waals surface area contributed by atoms with Crippen LogP contribution in [0.1, 0.15) is 6.42 Å². The summed E-state index contributed by atoms with van der Waals surface area (Å²) in [5, 5.41) is 2.87. The monoisotopic (exact) mass is 214 g/mol. The van der Waals surface area contributed by atoms with E-state index in [-0.39, 0.29) is 0 Å². The van der Waals surface area contributed by atoms with Crippen molar-refractivity contribution in [3.63, 3.8) is 0 Å². The predicted molar refractivity (Wildman–Crippen MR) is 50.2 cm³/mol. The summed E-state index contributed by atoms with van der Waals surface area (Å²) in [7, 11) is 0. The van der Waals surface area contributed by atoms with E-state index >= 15 is 0 Å². The van der Waals surface area contributed by atoms with Gasteiger partial charge in [0.05, 0.1) is 0 Å². The highest BCUT2D eigenvalue weighted by Crippen LogP contribution is 2.37. The predicted octanol–water partition coefficient (Wildman–Crippen LogP) is 3.22. The van der Waals surface area contributed by atoms with Crippen molar-refractivity contribution in [2.75, 3.05) is 0 Å². The molecule has 1 atom stereocenters. The second-order valence-corrected chi connectivity index (χ2v) is 4.54. The topological polar surface area (TPSA) is 0 Å². The third-order valence-corrected chi connectivity index (χ3v) is 3.36. The zero-order valence-electron chi connectivity index (χ0n) is 5.38. The molecule has 0 N–H and O–H groups in total. The second kappa shape index (κ2) is 2.59. The fourth-order valence-electron chi connectivity index (χ4n) is 1.16. The maximum Gasteiger partial charge on any atom is 0.0384 e. The molecule has 0 nitrogen and oxygen atoms in total. The van der Waals surface area contributed by atoms with Gasteiger partial charge in [0.25, 0.3) is 0 Å². The lowest BCUT2D eigenvalue weighted by atomic mass is 10.1. The molecule has 10 heavy (non-hydrogen) atoms. The van der Waals surface area contributed by atoms with Crippen molar-refractivity contribution in [3.05, 3.63) is 33.7 Å². The van der Waals surface area contributed by atoms with Gasteiger partial charge in [-0.25, -0.2) is 0 Å². The van der Waals surface area contributed by atoms with Crippen LogP contribution in [0.3, 0.4) is 0 Å². The van der Waals surface area contributed by atoms with Gasteiger partial charge in [0.2, 0.25) is 0 Å². The first-order valence-corrected chi connectivity index (χ1v) is 4.98. The Balaban J connectivity index is 2.30. The Morgan fingerprint density at radius 2 is 2.40 bits per heavy atom. The molecule has 0 spiro atoms. The molecule has 0 bridgehead atoms. The molecule has 1 unspecified atom stereocenters. The first-order valence-electron chi connectivity index (χ1n) is 3.24. The minimum Gasteiger partial charge on any atom is -0.126 e. The van der Waals surface area contributed by atoms with E-state index in [1.807, 2.05) is 11.8 Å². The number of thioether (sulfide) groups is 1. The van der Waals surface area contributed by atoms with E-state index in [0.29, 0.717) is 5.25 Å². The lowest BCUT2D eigenvalue weighted by molar-refractivity contribution is 1.01. The third kappa shape index (κ3) is 1.10. The Labute approximate surface area is 73.2 Å². The smallest absolute Gasteiger partial charge is 0.0384 e. The number of hydrogen-bond donors (Lipinski definition) is 0. The molecule has 0 aromatic heterocycles. The molecule has 2 aliphatic rings. The van der Waals surface area contributed by atoms with E-state index in [4.69, 9.17) is 0 Å². The molecule has 1 heterocycles. The number of halogens is 1. The van der Waals surface area contributed by atoms with Crippen LogP contribution in [0, 0.1) is 0 Å². The second-order valence-electron chi connectivity index (χ2n) is 2.41. The SMILES string of the molecule is BrC1=CC=C2C=CSC2C1. The standard InChI is InChI=1S/C8H7BrS/c9-7-2-1-6-3-4-10-8(6)5-7/h1-4,8H,5H2. The summed E-state index contributed by atoms with van der Waals surface area (Å²) < 4.78 is 1.32. The van der Waals surface area contributed by atoms with Crippen LogP contribution in [-0.2, 0) is 0 Å². The Hall–Kier alpha value is 0.0500. The zero-order chi connectivity index (χ0) is 6.97. The summed E-state index contributed by atoms with van der Waals surface area (Å²) in [5.74, 6) is 0. The minimum absolute atomic E-state index is 0.694. The molecule has 0 aromatic carbocycles. The van der Waals surface area contributed by atoms with Crippen LogP contribution in [-0.4, -0.2) is 5.25 Å². The van der Waals surface area contributed by atoms with Crippen molar-refractivity contribution in [2.45, 2.75) is 11.7 Å². The van der Waals surface area contributed by atoms with Crippen molar-refractivity contribution >= 4 is 27.7 Å². The lowest BCUT2D eigenvalue weighted by Gasteiger charge is -2.13. The van der Waals surface area contributed by atoms with Gasteiger partial charge in [-0.05, 0) is 21.9 Å². The van der Waals surface area contributed by atoms with Gasteiger partial charge in [-0.1, -0.05) is 34.2 Å². The average molecular weight is 215 g/mol. The van der Waals surface area contributed by atoms with Gasteiger partial charge < -0.3 is 0 Å². The van der Waals surface area contributed by atoms with Gasteiger partial charge in [-0.15, -0.1) is 11.8 Å². The molecule has 52 valence electrons. The summed E-state index contributed by atoms with van der Waals surface area (Å²) in [6.45, 7) is 0. The normalized spacial score (nSPS) is 29.5. The summed E-state index contributed by atoms with van der Waals surface area (Å²) in [6.07, 6.45) is 7.69. The van der Waals surface area contributed by atoms with Gasteiger partial charge in [-0.3, -0.25) is 0 Å². The first kappa shape index (κ1) is 6.74. The van der Waals surface area contributed by atoms with Crippen molar-refractivity contribution in [3.8, 4) is 0 Å². The van der Waals surface area contributed by atoms with Gasteiger partial charge in [-0.2, -0.15) is 0 Å². The van der Waals surface area contributed by atoms with Gasteiger partial charge >= 0.3 is 0 Å². The molecular weight excluding hydrogens is 208 g/mol. The van der Waals surface area contributed by atoms with Crippen LogP contribution in [0.2, 0.25) is 0 Å². The molecule has 1 aliphatic carbocycles. The Morgan fingerprint density at radius 1 is 1.50 bits per heavy atom. The van der Waals surface area contributed by atoms with Crippen molar-refractivity contribution in [1.29, 1.82) is 0 Å². The van der Waals surface area contributed by atoms with E-state index in [2.05, 4.69) is 39.6 Å². The fraction of sp³-hybridized carbons (Fsp3) is 0.250. The van der Waals surface area contributed by atoms with E-state index < -0.39 is 0 Å². The highest BCUT2D eigenvalue weighted by molar-refractivity contribution is 9.11. The largest absolute Gasteiger partial charge is 0.126 e. The minimum atomic E-state index is 0.694. The fourth-order valence-corrected chi connectivity index (χ4v) is 2.84. The molecule has 0 amide bonds. The number of rotatable bonds is 0. The summed E-state index contributed by atoms with van der Waals surface area (Å²) in [6, 6.07) is 0. The van der Waals surface area contributed by atoms with Gasteiger partial charge in [0.1, 0.15) is 0 Å². The average Bonchev–Trinajstić information content (AvgIpc) is 2.33. The van der Waals surface area contributed by atoms with Crippen LogP contribution < -0.4 is 0 Å². The third-order valence-electron chi connectivity index (χ3n) is 1.71. The number of fused-ring (bicyclic) bond motifs is 1. The Bertz CT molecular complexity index is 238. The van der Waals surface area contributed by atoms with E-state index in [1.165, 1.54) is 10.1 Å². The Morgan fingerprint density at radius 3 is 3.30 bits per heavy atom. The van der Waals surface area contributed by atoms with Crippen LogP contribution in [0.4, 0.5) is 0 Å². The van der Waals surface area contributed by atoms with Crippen LogP contribution in [0.15, 0.2) is 33.7 Å². The maximum atomic E-state index is 3.50. The van der Waals surface area contributed by atoms with Crippen molar-refractivity contribution in [2.24, 2.45) is 0 Å². The quantitative estimate of drug-likeness (QED) is 0.597.